The SMILES string of the molecule is CC(C)CN(CC(C)C)S(=O)(=O)c1ccc(NC(=O)CS(=O)(=O)Cc2ccc(Cl)cc2)cc1. The normalized spacial score (nSPS) is 12.5. The van der Waals surface area contributed by atoms with Gasteiger partial charge in [-0.3, -0.25) is 4.79 Å². The number of carbonyl (C=O) groups excluding carboxylic acids is 1. The second kappa shape index (κ2) is 11.5. The van der Waals surface area contributed by atoms with E-state index in [1.807, 2.05) is 27.7 Å². The summed E-state index contributed by atoms with van der Waals surface area (Å²) in [5.41, 5.74) is 0.856. The van der Waals surface area contributed by atoms with Crippen molar-refractivity contribution in [3.05, 3.63) is 59.1 Å². The first-order valence-corrected chi connectivity index (χ1v) is 14.3. The number of sulfonamides is 1. The molecule has 0 fully saturated rings. The van der Waals surface area contributed by atoms with Gasteiger partial charge in [0, 0.05) is 23.8 Å². The molecular formula is C23H31ClN2O5S2. The van der Waals surface area contributed by atoms with E-state index in [-0.39, 0.29) is 22.5 Å². The van der Waals surface area contributed by atoms with Gasteiger partial charge in [0.1, 0.15) is 5.75 Å². The van der Waals surface area contributed by atoms with E-state index in [0.717, 1.165) is 0 Å². The van der Waals surface area contributed by atoms with Crippen LogP contribution in [-0.4, -0.2) is 45.9 Å². The lowest BCUT2D eigenvalue weighted by molar-refractivity contribution is -0.113. The molecule has 0 unspecified atom stereocenters. The van der Waals surface area contributed by atoms with Crippen LogP contribution in [0.5, 0.6) is 0 Å². The Morgan fingerprint density at radius 1 is 0.879 bits per heavy atom. The zero-order valence-corrected chi connectivity index (χ0v) is 21.7. The van der Waals surface area contributed by atoms with Crippen LogP contribution in [0.3, 0.4) is 0 Å². The Morgan fingerprint density at radius 2 is 1.39 bits per heavy atom. The number of halogens is 1. The number of hydrogen-bond donors (Lipinski definition) is 1. The fourth-order valence-corrected chi connectivity index (χ4v) is 6.39. The molecule has 0 aliphatic heterocycles. The fraction of sp³-hybridized carbons (Fsp3) is 0.435. The lowest BCUT2D eigenvalue weighted by Gasteiger charge is -2.25. The summed E-state index contributed by atoms with van der Waals surface area (Å²) in [5.74, 6) is -1.32. The van der Waals surface area contributed by atoms with E-state index in [4.69, 9.17) is 11.6 Å². The van der Waals surface area contributed by atoms with E-state index in [1.165, 1.54) is 28.6 Å². The molecule has 0 aromatic heterocycles. The molecule has 182 valence electrons. The van der Waals surface area contributed by atoms with E-state index in [9.17, 15) is 21.6 Å². The first kappa shape index (κ1) is 27.3. The molecule has 0 radical (unpaired) electrons. The zero-order valence-electron chi connectivity index (χ0n) is 19.3. The Morgan fingerprint density at radius 3 is 1.88 bits per heavy atom. The number of hydrogen-bond acceptors (Lipinski definition) is 5. The highest BCUT2D eigenvalue weighted by Crippen LogP contribution is 2.21. The quantitative estimate of drug-likeness (QED) is 0.484. The number of carbonyl (C=O) groups is 1. The molecule has 2 aromatic rings. The minimum atomic E-state index is -3.69. The molecular weight excluding hydrogens is 484 g/mol. The van der Waals surface area contributed by atoms with Crippen molar-refractivity contribution in [3.63, 3.8) is 0 Å². The van der Waals surface area contributed by atoms with Crippen LogP contribution in [0.4, 0.5) is 5.69 Å². The minimum Gasteiger partial charge on any atom is -0.325 e. The van der Waals surface area contributed by atoms with Gasteiger partial charge in [-0.2, -0.15) is 4.31 Å². The second-order valence-electron chi connectivity index (χ2n) is 8.84. The first-order chi connectivity index (χ1) is 15.3. The fourth-order valence-electron chi connectivity index (χ4n) is 3.23. The number of rotatable bonds is 11. The molecule has 33 heavy (non-hydrogen) atoms. The highest BCUT2D eigenvalue weighted by atomic mass is 35.5. The average Bonchev–Trinajstić information content (AvgIpc) is 2.68. The van der Waals surface area contributed by atoms with Gasteiger partial charge in [-0.1, -0.05) is 51.4 Å². The second-order valence-corrected chi connectivity index (χ2v) is 13.3. The van der Waals surface area contributed by atoms with Gasteiger partial charge in [0.25, 0.3) is 0 Å². The van der Waals surface area contributed by atoms with E-state index >= 15 is 0 Å². The van der Waals surface area contributed by atoms with Gasteiger partial charge >= 0.3 is 0 Å². The first-order valence-electron chi connectivity index (χ1n) is 10.6. The highest BCUT2D eigenvalue weighted by Gasteiger charge is 2.26. The minimum absolute atomic E-state index is 0.122. The van der Waals surface area contributed by atoms with E-state index < -0.39 is 31.5 Å². The van der Waals surface area contributed by atoms with Crippen molar-refractivity contribution < 1.29 is 21.6 Å². The predicted molar refractivity (Wildman–Crippen MR) is 132 cm³/mol. The van der Waals surface area contributed by atoms with Crippen LogP contribution in [0.1, 0.15) is 33.3 Å². The maximum atomic E-state index is 13.1. The molecule has 1 amide bonds. The van der Waals surface area contributed by atoms with Crippen molar-refractivity contribution >= 4 is 43.1 Å². The van der Waals surface area contributed by atoms with Crippen LogP contribution in [0.2, 0.25) is 5.02 Å². The number of nitrogens with zero attached hydrogens (tertiary/aromatic N) is 1. The van der Waals surface area contributed by atoms with E-state index in [2.05, 4.69) is 5.32 Å². The van der Waals surface area contributed by atoms with E-state index in [1.54, 1.807) is 24.3 Å². The Kier molecular flexibility index (Phi) is 9.48. The molecule has 7 nitrogen and oxygen atoms in total. The van der Waals surface area contributed by atoms with Crippen LogP contribution < -0.4 is 5.32 Å². The molecule has 0 spiro atoms. The average molecular weight is 515 g/mol. The van der Waals surface area contributed by atoms with Crippen LogP contribution in [0, 0.1) is 11.8 Å². The summed E-state index contributed by atoms with van der Waals surface area (Å²) in [6, 6.07) is 12.1. The smallest absolute Gasteiger partial charge is 0.243 e. The number of sulfone groups is 1. The van der Waals surface area contributed by atoms with Crippen LogP contribution in [0.15, 0.2) is 53.4 Å². The standard InChI is InChI=1S/C23H31ClN2O5S2/c1-17(2)13-26(14-18(3)4)33(30,31)22-11-9-21(10-12-22)25-23(27)16-32(28,29)15-19-5-7-20(24)8-6-19/h5-12,17-18H,13-16H2,1-4H3,(H,25,27). The van der Waals surface area contributed by atoms with Gasteiger partial charge in [0.15, 0.2) is 9.84 Å². The van der Waals surface area contributed by atoms with Crippen LogP contribution >= 0.6 is 11.6 Å². The molecule has 0 bridgehead atoms. The van der Waals surface area contributed by atoms with Gasteiger partial charge in [-0.05, 0) is 53.8 Å². The van der Waals surface area contributed by atoms with Gasteiger partial charge in [-0.15, -0.1) is 0 Å². The Labute approximate surface area is 202 Å². The van der Waals surface area contributed by atoms with Gasteiger partial charge < -0.3 is 5.32 Å². The van der Waals surface area contributed by atoms with Crippen molar-refractivity contribution in [2.75, 3.05) is 24.2 Å². The molecule has 0 heterocycles. The number of nitrogens with one attached hydrogen (secondary N) is 1. The lowest BCUT2D eigenvalue weighted by atomic mass is 10.2. The van der Waals surface area contributed by atoms with Crippen LogP contribution in [-0.2, 0) is 30.4 Å². The third-order valence-electron chi connectivity index (χ3n) is 4.56. The summed E-state index contributed by atoms with van der Waals surface area (Å²) in [7, 11) is -7.38. The molecule has 0 aliphatic rings. The Bertz CT molecular complexity index is 1130. The summed E-state index contributed by atoms with van der Waals surface area (Å²) < 4.78 is 52.3. The molecule has 1 N–H and O–H groups in total. The zero-order chi connectivity index (χ0) is 24.8. The topological polar surface area (TPSA) is 101 Å². The number of amides is 1. The molecule has 2 rings (SSSR count). The third-order valence-corrected chi connectivity index (χ3v) is 8.14. The summed E-state index contributed by atoms with van der Waals surface area (Å²) in [6.45, 7) is 8.66. The predicted octanol–water partition coefficient (Wildman–Crippen LogP) is 4.20. The summed E-state index contributed by atoms with van der Waals surface area (Å²) in [5, 5.41) is 3.01. The molecule has 10 heteroatoms. The van der Waals surface area contributed by atoms with Crippen molar-refractivity contribution in [2.45, 2.75) is 38.3 Å². The lowest BCUT2D eigenvalue weighted by Crippen LogP contribution is -2.37. The molecule has 2 aromatic carbocycles. The van der Waals surface area contributed by atoms with Crippen molar-refractivity contribution in [2.24, 2.45) is 11.8 Å². The largest absolute Gasteiger partial charge is 0.325 e. The highest BCUT2D eigenvalue weighted by molar-refractivity contribution is 7.91. The summed E-state index contributed by atoms with van der Waals surface area (Å²) in [6.07, 6.45) is 0. The van der Waals surface area contributed by atoms with Gasteiger partial charge in [-0.25, -0.2) is 16.8 Å². The summed E-state index contributed by atoms with van der Waals surface area (Å²) >= 11 is 5.80. The van der Waals surface area contributed by atoms with Gasteiger partial charge in [0.2, 0.25) is 15.9 Å². The maximum Gasteiger partial charge on any atom is 0.243 e. The maximum absolute atomic E-state index is 13.1. The number of anilines is 1. The Balaban J connectivity index is 2.06. The monoisotopic (exact) mass is 514 g/mol. The molecule has 0 atom stereocenters. The number of benzene rings is 2. The van der Waals surface area contributed by atoms with E-state index in [0.29, 0.717) is 29.4 Å². The van der Waals surface area contributed by atoms with Crippen LogP contribution in [0.25, 0.3) is 0 Å². The van der Waals surface area contributed by atoms with Gasteiger partial charge in [0.05, 0.1) is 10.6 Å². The molecule has 0 aliphatic carbocycles. The van der Waals surface area contributed by atoms with Crippen molar-refractivity contribution in [1.82, 2.24) is 4.31 Å². The van der Waals surface area contributed by atoms with Crippen molar-refractivity contribution in [1.29, 1.82) is 0 Å². The molecule has 0 saturated carbocycles. The molecule has 0 saturated heterocycles. The van der Waals surface area contributed by atoms with Crippen molar-refractivity contribution in [3.8, 4) is 0 Å². The Hall–Kier alpha value is -1.94. The summed E-state index contributed by atoms with van der Waals surface area (Å²) in [4.78, 5) is 12.4. The third kappa shape index (κ3) is 8.73.